The highest BCUT2D eigenvalue weighted by molar-refractivity contribution is 5.68. The van der Waals surface area contributed by atoms with Crippen LogP contribution in [-0.4, -0.2) is 45.6 Å². The number of phenols is 1. The Morgan fingerprint density at radius 2 is 2.04 bits per heavy atom. The van der Waals surface area contributed by atoms with Crippen molar-refractivity contribution in [2.45, 2.75) is 38.0 Å². The zero-order valence-electron chi connectivity index (χ0n) is 15.5. The molecule has 0 aromatic heterocycles. The van der Waals surface area contributed by atoms with Crippen molar-refractivity contribution in [3.63, 3.8) is 0 Å². The molecular formula is C21H25NO6. The number of ether oxygens (including phenoxy) is 1. The summed E-state index contributed by atoms with van der Waals surface area (Å²) < 4.78 is 5.26. The van der Waals surface area contributed by atoms with Crippen molar-refractivity contribution < 1.29 is 30.0 Å². The summed E-state index contributed by atoms with van der Waals surface area (Å²) in [7, 11) is 0. The first-order valence-corrected chi connectivity index (χ1v) is 9.26. The first-order chi connectivity index (χ1) is 13.5. The molecule has 2 atom stereocenters. The van der Waals surface area contributed by atoms with Gasteiger partial charge in [0.1, 0.15) is 11.5 Å². The van der Waals surface area contributed by atoms with Crippen molar-refractivity contribution >= 4 is 5.97 Å². The van der Waals surface area contributed by atoms with Gasteiger partial charge in [0.2, 0.25) is 0 Å². The summed E-state index contributed by atoms with van der Waals surface area (Å²) in [6, 6.07) is 10.6. The second kappa shape index (κ2) is 9.05. The highest BCUT2D eigenvalue weighted by atomic mass is 16.5. The molecule has 0 fully saturated rings. The number of aromatic hydroxyl groups is 1. The lowest BCUT2D eigenvalue weighted by Gasteiger charge is -2.27. The molecule has 2 aromatic rings. The van der Waals surface area contributed by atoms with Crippen LogP contribution in [0.1, 0.15) is 34.8 Å². The molecule has 0 bridgehead atoms. The number of carbonyl (C=O) groups is 1. The Hall–Kier alpha value is -2.61. The standard InChI is InChI=1S/C21H25NO6/c23-11-16-7-14(3-6-19(16)24)20(25)10-22-17-4-1-13-2-5-18(9-15(13)8-17)28-12-21(26)27/h2-3,5-7,9,17,20,22-25H,1,4,8,10-12H2,(H,26,27)/t17-,20?/m0/s1. The van der Waals surface area contributed by atoms with Gasteiger partial charge in [0, 0.05) is 18.2 Å². The van der Waals surface area contributed by atoms with Crippen LogP contribution in [0.15, 0.2) is 36.4 Å². The molecule has 0 spiro atoms. The number of aliphatic hydroxyl groups is 2. The largest absolute Gasteiger partial charge is 0.508 e. The van der Waals surface area contributed by atoms with E-state index in [-0.39, 0.29) is 25.0 Å². The van der Waals surface area contributed by atoms with E-state index in [2.05, 4.69) is 5.32 Å². The first kappa shape index (κ1) is 20.1. The molecule has 28 heavy (non-hydrogen) atoms. The molecule has 7 nitrogen and oxygen atoms in total. The molecule has 1 aliphatic rings. The molecule has 1 unspecified atom stereocenters. The van der Waals surface area contributed by atoms with Gasteiger partial charge in [-0.3, -0.25) is 0 Å². The van der Waals surface area contributed by atoms with Gasteiger partial charge in [-0.2, -0.15) is 0 Å². The second-order valence-corrected chi connectivity index (χ2v) is 7.02. The Kier molecular flexibility index (Phi) is 6.51. The average molecular weight is 387 g/mol. The number of aliphatic carboxylic acids is 1. The van der Waals surface area contributed by atoms with E-state index in [1.807, 2.05) is 12.1 Å². The molecule has 2 aromatic carbocycles. The van der Waals surface area contributed by atoms with E-state index in [0.717, 1.165) is 24.8 Å². The van der Waals surface area contributed by atoms with E-state index >= 15 is 0 Å². The minimum absolute atomic E-state index is 0.0104. The number of carboxylic acid groups (broad SMARTS) is 1. The minimum atomic E-state index is -1.01. The lowest BCUT2D eigenvalue weighted by atomic mass is 9.88. The Labute approximate surface area is 163 Å². The van der Waals surface area contributed by atoms with Gasteiger partial charge < -0.3 is 30.5 Å². The van der Waals surface area contributed by atoms with Gasteiger partial charge >= 0.3 is 5.97 Å². The summed E-state index contributed by atoms with van der Waals surface area (Å²) in [4.78, 5) is 10.7. The summed E-state index contributed by atoms with van der Waals surface area (Å²) >= 11 is 0. The number of carboxylic acids is 1. The molecule has 0 saturated heterocycles. The highest BCUT2D eigenvalue weighted by Crippen LogP contribution is 2.27. The zero-order valence-corrected chi connectivity index (χ0v) is 15.5. The number of nitrogens with one attached hydrogen (secondary N) is 1. The molecule has 3 rings (SSSR count). The third-order valence-corrected chi connectivity index (χ3v) is 5.03. The SMILES string of the molecule is O=C(O)COc1ccc2c(c1)C[C@@H](NCC(O)c1ccc(O)c(CO)c1)CC2. The van der Waals surface area contributed by atoms with Crippen LogP contribution < -0.4 is 10.1 Å². The monoisotopic (exact) mass is 387 g/mol. The zero-order chi connectivity index (χ0) is 20.1. The molecule has 7 heteroatoms. The van der Waals surface area contributed by atoms with E-state index in [1.54, 1.807) is 18.2 Å². The van der Waals surface area contributed by atoms with Crippen molar-refractivity contribution in [2.75, 3.05) is 13.2 Å². The summed E-state index contributed by atoms with van der Waals surface area (Å²) in [5, 5.41) is 41.4. The first-order valence-electron chi connectivity index (χ1n) is 9.26. The third kappa shape index (κ3) is 5.01. The van der Waals surface area contributed by atoms with Gasteiger partial charge in [0.05, 0.1) is 12.7 Å². The van der Waals surface area contributed by atoms with Crippen LogP contribution in [0.4, 0.5) is 0 Å². The number of hydrogen-bond donors (Lipinski definition) is 5. The Morgan fingerprint density at radius 3 is 2.79 bits per heavy atom. The maximum Gasteiger partial charge on any atom is 0.341 e. The van der Waals surface area contributed by atoms with Gasteiger partial charge in [0.25, 0.3) is 0 Å². The van der Waals surface area contributed by atoms with Gasteiger partial charge in [-0.25, -0.2) is 4.79 Å². The molecule has 150 valence electrons. The van der Waals surface area contributed by atoms with E-state index in [0.29, 0.717) is 23.4 Å². The van der Waals surface area contributed by atoms with Gasteiger partial charge in [0.15, 0.2) is 6.61 Å². The number of rotatable bonds is 8. The molecule has 5 N–H and O–H groups in total. The summed E-state index contributed by atoms with van der Waals surface area (Å²) in [6.45, 7) is -0.300. The fraction of sp³-hybridized carbons (Fsp3) is 0.381. The fourth-order valence-electron chi connectivity index (χ4n) is 3.48. The smallest absolute Gasteiger partial charge is 0.341 e. The van der Waals surface area contributed by atoms with E-state index < -0.39 is 12.1 Å². The number of aryl methyl sites for hydroxylation is 1. The predicted octanol–water partition coefficient (Wildman–Crippen LogP) is 1.53. The quantitative estimate of drug-likeness (QED) is 0.466. The normalized spacial score (nSPS) is 17.0. The van der Waals surface area contributed by atoms with E-state index in [1.165, 1.54) is 11.6 Å². The third-order valence-electron chi connectivity index (χ3n) is 5.03. The summed E-state index contributed by atoms with van der Waals surface area (Å²) in [6.07, 6.45) is 1.85. The van der Waals surface area contributed by atoms with Gasteiger partial charge in [-0.1, -0.05) is 12.1 Å². The maximum absolute atomic E-state index is 10.7. The topological polar surface area (TPSA) is 119 Å². The Bertz CT molecular complexity index is 838. The summed E-state index contributed by atoms with van der Waals surface area (Å²) in [5.74, 6) is -0.455. The maximum atomic E-state index is 10.7. The van der Waals surface area contributed by atoms with Gasteiger partial charge in [-0.15, -0.1) is 0 Å². The molecule has 0 amide bonds. The summed E-state index contributed by atoms with van der Waals surface area (Å²) in [5.41, 5.74) is 3.37. The van der Waals surface area contributed by atoms with Crippen LogP contribution in [0.5, 0.6) is 11.5 Å². The van der Waals surface area contributed by atoms with Crippen LogP contribution in [0.3, 0.4) is 0 Å². The lowest BCUT2D eigenvalue weighted by Crippen LogP contribution is -2.37. The molecule has 0 heterocycles. The predicted molar refractivity (Wildman–Crippen MR) is 102 cm³/mol. The fourth-order valence-corrected chi connectivity index (χ4v) is 3.48. The van der Waals surface area contributed by atoms with Crippen molar-refractivity contribution in [2.24, 2.45) is 0 Å². The van der Waals surface area contributed by atoms with Crippen LogP contribution in [0.2, 0.25) is 0 Å². The molecular weight excluding hydrogens is 362 g/mol. The number of fused-ring (bicyclic) bond motifs is 1. The van der Waals surface area contributed by atoms with Crippen molar-refractivity contribution in [3.8, 4) is 11.5 Å². The highest BCUT2D eigenvalue weighted by Gasteiger charge is 2.20. The number of aliphatic hydroxyl groups excluding tert-OH is 2. The Morgan fingerprint density at radius 1 is 1.21 bits per heavy atom. The van der Waals surface area contributed by atoms with Crippen LogP contribution in [0, 0.1) is 0 Å². The molecule has 0 saturated carbocycles. The minimum Gasteiger partial charge on any atom is -0.508 e. The number of benzene rings is 2. The van der Waals surface area contributed by atoms with Crippen LogP contribution in [0.25, 0.3) is 0 Å². The van der Waals surface area contributed by atoms with Crippen LogP contribution in [-0.2, 0) is 24.2 Å². The van der Waals surface area contributed by atoms with E-state index in [4.69, 9.17) is 9.84 Å². The Balaban J connectivity index is 1.58. The van der Waals surface area contributed by atoms with Crippen LogP contribution >= 0.6 is 0 Å². The molecule has 0 radical (unpaired) electrons. The van der Waals surface area contributed by atoms with Gasteiger partial charge in [-0.05, 0) is 60.2 Å². The molecule has 1 aliphatic carbocycles. The van der Waals surface area contributed by atoms with E-state index in [9.17, 15) is 20.1 Å². The second-order valence-electron chi connectivity index (χ2n) is 7.02. The van der Waals surface area contributed by atoms with Crippen molar-refractivity contribution in [1.82, 2.24) is 5.32 Å². The average Bonchev–Trinajstić information content (AvgIpc) is 2.70. The van der Waals surface area contributed by atoms with Crippen molar-refractivity contribution in [3.05, 3.63) is 58.7 Å². The number of hydrogen-bond acceptors (Lipinski definition) is 6. The lowest BCUT2D eigenvalue weighted by molar-refractivity contribution is -0.139. The molecule has 0 aliphatic heterocycles. The van der Waals surface area contributed by atoms with Crippen molar-refractivity contribution in [1.29, 1.82) is 0 Å².